The Morgan fingerprint density at radius 1 is 0.383 bits per heavy atom. The molecule has 19 atom stereocenters. The van der Waals surface area contributed by atoms with Crippen molar-refractivity contribution in [2.24, 2.45) is 0 Å². The van der Waals surface area contributed by atoms with Crippen LogP contribution in [0.3, 0.4) is 0 Å². The lowest BCUT2D eigenvalue weighted by atomic mass is 10.2. The molecule has 5 saturated heterocycles. The zero-order chi connectivity index (χ0) is 75.2. The van der Waals surface area contributed by atoms with Crippen molar-refractivity contribution in [3.8, 4) is 0 Å². The van der Waals surface area contributed by atoms with Crippen LogP contribution in [0.15, 0.2) is 61.7 Å². The third-order valence-electron chi connectivity index (χ3n) is 17.6. The molecule has 5 aliphatic heterocycles. The fraction of sp³-hybridized carbons (Fsp3) is 0.500. The molecular formula is C50H62N25O27P5. The van der Waals surface area contributed by atoms with Gasteiger partial charge in [-0.15, -0.1) is 0 Å². The molecular weight excluding hydrogens is 1540 g/mol. The lowest BCUT2D eigenvalue weighted by Gasteiger charge is -2.26. The van der Waals surface area contributed by atoms with Crippen molar-refractivity contribution >= 4 is 124 Å². The smallest absolute Gasteiger partial charge is 0.394 e. The van der Waals surface area contributed by atoms with E-state index >= 15 is 0 Å². The molecule has 5 fully saturated rings. The van der Waals surface area contributed by atoms with Crippen molar-refractivity contribution in [2.45, 2.75) is 124 Å². The molecule has 10 aromatic rings. The quantitative estimate of drug-likeness (QED) is 0.0270. The van der Waals surface area contributed by atoms with Gasteiger partial charge < -0.3 is 86.8 Å². The monoisotopic (exact) mass is 1600 g/mol. The summed E-state index contributed by atoms with van der Waals surface area (Å²) in [4.78, 5) is 138. The summed E-state index contributed by atoms with van der Waals surface area (Å²) in [6.45, 7) is -4.54. The van der Waals surface area contributed by atoms with Crippen molar-refractivity contribution in [2.75, 3.05) is 61.7 Å². The Morgan fingerprint density at radius 3 is 0.935 bits per heavy atom. The van der Waals surface area contributed by atoms with Gasteiger partial charge in [0.1, 0.15) is 140 Å². The molecule has 0 bridgehead atoms. The summed E-state index contributed by atoms with van der Waals surface area (Å²) in [6, 6.07) is 0. The van der Waals surface area contributed by atoms with E-state index in [4.69, 9.17) is 93.1 Å². The molecule has 15 rings (SSSR count). The minimum absolute atomic E-state index is 0.00233. The number of nitrogens with two attached hydrogens (primary N) is 5. The molecule has 52 nitrogen and oxygen atoms in total. The number of nitrogens with one attached hydrogen (secondary N) is 1. The van der Waals surface area contributed by atoms with E-state index in [0.29, 0.717) is 0 Å². The number of phosphoric ester groups is 5. The number of hydrogen-bond acceptors (Lipinski definition) is 40. The third kappa shape index (κ3) is 15.6. The Morgan fingerprint density at radius 2 is 0.645 bits per heavy atom. The molecule has 5 aliphatic rings. The molecule has 18 N–H and O–H groups in total. The van der Waals surface area contributed by atoms with Crippen LogP contribution in [0.5, 0.6) is 0 Å². The lowest BCUT2D eigenvalue weighted by molar-refractivity contribution is -0.0631. The van der Waals surface area contributed by atoms with Crippen LogP contribution < -0.4 is 34.2 Å². The van der Waals surface area contributed by atoms with Gasteiger partial charge in [0.05, 0.1) is 64.7 Å². The second-order valence-corrected chi connectivity index (χ2v) is 31.2. The maximum Gasteiger partial charge on any atom is 0.472 e. The Kier molecular flexibility index (Phi) is 20.2. The highest BCUT2D eigenvalue weighted by Gasteiger charge is 2.51. The van der Waals surface area contributed by atoms with E-state index < -0.39 is 183 Å². The van der Waals surface area contributed by atoms with Crippen LogP contribution in [0.2, 0.25) is 0 Å². The van der Waals surface area contributed by atoms with Crippen molar-refractivity contribution in [3.05, 3.63) is 67.3 Å². The molecule has 0 aromatic carbocycles. The zero-order valence-electron chi connectivity index (χ0n) is 54.3. The van der Waals surface area contributed by atoms with Gasteiger partial charge in [0, 0.05) is 32.1 Å². The van der Waals surface area contributed by atoms with E-state index in [1.165, 1.54) is 54.5 Å². The van der Waals surface area contributed by atoms with Crippen LogP contribution in [-0.4, -0.2) is 226 Å². The largest absolute Gasteiger partial charge is 0.472 e. The fourth-order valence-corrected chi connectivity index (χ4v) is 17.2. The van der Waals surface area contributed by atoms with Gasteiger partial charge in [0.15, 0.2) is 57.0 Å². The number of aromatic nitrogens is 20. The average Bonchev–Trinajstić information content (AvgIpc) is 1.62. The normalized spacial score (nSPS) is 28.7. The minimum Gasteiger partial charge on any atom is -0.394 e. The van der Waals surface area contributed by atoms with Crippen molar-refractivity contribution in [1.29, 1.82) is 0 Å². The third-order valence-corrected chi connectivity index (χ3v) is 22.2. The van der Waals surface area contributed by atoms with Gasteiger partial charge in [-0.05, 0) is 0 Å². The Balaban J connectivity index is 0.646. The van der Waals surface area contributed by atoms with Crippen LogP contribution in [0.4, 0.5) is 29.2 Å². The number of aliphatic hydroxyl groups is 1. The highest BCUT2D eigenvalue weighted by Crippen LogP contribution is 2.56. The number of H-pyrrole nitrogens is 1. The van der Waals surface area contributed by atoms with Gasteiger partial charge in [0.2, 0.25) is 5.95 Å². The molecule has 107 heavy (non-hydrogen) atoms. The maximum atomic E-state index is 14.4. The summed E-state index contributed by atoms with van der Waals surface area (Å²) in [5, 5.41) is 10.3. The number of aliphatic hydroxyl groups excluding tert-OH is 1. The van der Waals surface area contributed by atoms with Crippen molar-refractivity contribution in [1.82, 2.24) is 97.6 Å². The van der Waals surface area contributed by atoms with Gasteiger partial charge in [-0.25, -0.2) is 87.6 Å². The predicted octanol–water partition coefficient (Wildman–Crippen LogP) is -0.693. The second-order valence-electron chi connectivity index (χ2n) is 24.4. The standard InChI is InChI=1S/C50H62N25O27P5/c51-40-35-44(60-11-56-40)71(15-64-35)30-1-20(25(6-76)93-30)99-104(81,82)90-8-27-22(3-32(95-27)73-17-66-37-42(53)58-13-62-46(37)73)100-106(85,86)91-9-28-23(4-33(96-28)74-18-67-38-43(54)59-14-63-47(38)74)101-107(87,88)92-10-29-24(5-34(97-29)75-19-68-39-48(75)69-50(55)70-49(39)77)102-105(83,84)89-7-26-21(98-103(78,79)80)2-31(94-26)72-16-65-36-41(52)57-12-61-45(36)72/h11-34,76H,1-10H2,(H,81,82)(H,83,84)(H,85,86)(H,87,88)(H2,51,56,60)(H2,52,57,61)(H2,53,58,62)(H2,54,59,63)(H2,78,79,80)(H3,55,69,70,77)/t20-,21-,22-,23-,24-,25+,26+,27+,28+,29+,30+,31+,32+,33+,34+/m0/s1. The summed E-state index contributed by atoms with van der Waals surface area (Å²) in [7, 11) is -26.9. The van der Waals surface area contributed by atoms with E-state index in [1.807, 2.05) is 0 Å². The van der Waals surface area contributed by atoms with Gasteiger partial charge in [0.25, 0.3) is 5.56 Å². The summed E-state index contributed by atoms with van der Waals surface area (Å²) in [6.07, 6.45) is -11.9. The number of fused-ring (bicyclic) bond motifs is 5. The summed E-state index contributed by atoms with van der Waals surface area (Å²) < 4.78 is 156. The van der Waals surface area contributed by atoms with Crippen LogP contribution in [0.25, 0.3) is 55.8 Å². The fourth-order valence-electron chi connectivity index (χ4n) is 12.8. The zero-order valence-corrected chi connectivity index (χ0v) is 58.8. The summed E-state index contributed by atoms with van der Waals surface area (Å²) >= 11 is 0. The number of aromatic amines is 1. The highest BCUT2D eigenvalue weighted by atomic mass is 31.2. The van der Waals surface area contributed by atoms with Gasteiger partial charge >= 0.3 is 39.1 Å². The number of hydrogen-bond donors (Lipinski definition) is 13. The average molecular weight is 1600 g/mol. The van der Waals surface area contributed by atoms with Crippen molar-refractivity contribution in [3.63, 3.8) is 0 Å². The van der Waals surface area contributed by atoms with Crippen molar-refractivity contribution < 1.29 is 122 Å². The minimum atomic E-state index is -5.52. The highest BCUT2D eigenvalue weighted by molar-refractivity contribution is 7.48. The van der Waals surface area contributed by atoms with Gasteiger partial charge in [-0.1, -0.05) is 0 Å². The second kappa shape index (κ2) is 29.0. The number of phosphoric acid groups is 5. The van der Waals surface area contributed by atoms with Crippen LogP contribution in [0, 0.1) is 0 Å². The molecule has 0 spiro atoms. The first kappa shape index (κ1) is 74.3. The number of nitrogen functional groups attached to an aromatic ring is 5. The summed E-state index contributed by atoms with van der Waals surface area (Å²) in [5.74, 6) is -0.335. The number of anilines is 5. The van der Waals surface area contributed by atoms with E-state index in [0.717, 1.165) is 25.3 Å². The topological polar surface area (TPSA) is 724 Å². The molecule has 0 saturated carbocycles. The molecule has 15 heterocycles. The molecule has 4 unspecified atom stereocenters. The number of rotatable bonds is 28. The van der Waals surface area contributed by atoms with Crippen LogP contribution >= 0.6 is 39.1 Å². The first-order valence-corrected chi connectivity index (χ1v) is 39.1. The van der Waals surface area contributed by atoms with E-state index in [-0.39, 0.29) is 104 Å². The van der Waals surface area contributed by atoms with Gasteiger partial charge in [-0.2, -0.15) is 4.98 Å². The number of ether oxygens (including phenoxy) is 5. The SMILES string of the molecule is Nc1nc2c(ncn2[C@H]2C[C@H](OP(=O)(O)OC[C@H]3O[C@@H](n4cnc5c(N)ncnc54)C[C@@H]3OP(=O)(O)O)[C@@H](COP(=O)(O)O[C@H]3C[C@H](n4cnc5c(N)ncnc54)O[C@@H]3COP(=O)(O)O[C@H]3C[C@H](n4cnc5c(N)ncnc54)O[C@@H]3COP(=O)(O)O[C@H]3C[C@H](n4cnc5c(N)ncnc54)O[C@@H]3CO)O2)c(=O)[nH]1. The summed E-state index contributed by atoms with van der Waals surface area (Å²) in [5.41, 5.74) is 30.1. The maximum absolute atomic E-state index is 14.4. The first-order chi connectivity index (χ1) is 50.9. The van der Waals surface area contributed by atoms with Gasteiger partial charge in [-0.3, -0.25) is 73.3 Å². The lowest BCUT2D eigenvalue weighted by Crippen LogP contribution is -2.32. The molecule has 0 amide bonds. The molecule has 0 aliphatic carbocycles. The molecule has 574 valence electrons. The number of imidazole rings is 5. The molecule has 10 aromatic heterocycles. The van der Waals surface area contributed by atoms with Crippen LogP contribution in [-0.2, 0) is 87.2 Å². The van der Waals surface area contributed by atoms with E-state index in [9.17, 15) is 62.1 Å². The Hall–Kier alpha value is -8.14. The molecule has 57 heteroatoms. The van der Waals surface area contributed by atoms with Crippen LogP contribution in [0.1, 0.15) is 63.2 Å². The van der Waals surface area contributed by atoms with E-state index in [1.54, 1.807) is 0 Å². The number of nitrogens with zero attached hydrogens (tertiary/aromatic N) is 19. The Bertz CT molecular complexity index is 5320. The van der Waals surface area contributed by atoms with E-state index in [2.05, 4.69) is 74.8 Å². The molecule has 0 radical (unpaired) electrons. The Labute approximate surface area is 594 Å². The predicted molar refractivity (Wildman–Crippen MR) is 351 cm³/mol. The first-order valence-electron chi connectivity index (χ1n) is 31.6.